The Morgan fingerprint density at radius 3 is 1.72 bits per heavy atom. The van der Waals surface area contributed by atoms with Crippen molar-refractivity contribution in [2.24, 2.45) is 5.92 Å². The Kier molecular flexibility index (Phi) is 12.2. The number of rotatable bonds is 14. The summed E-state index contributed by atoms with van der Waals surface area (Å²) in [7, 11) is 0. The van der Waals surface area contributed by atoms with E-state index in [0.717, 1.165) is 55.2 Å². The van der Waals surface area contributed by atoms with Gasteiger partial charge in [0.1, 0.15) is 18.3 Å². The molecule has 232 valence electrons. The lowest BCUT2D eigenvalue weighted by molar-refractivity contribution is -0.338. The summed E-state index contributed by atoms with van der Waals surface area (Å²) in [5.41, 5.74) is 3.22. The summed E-state index contributed by atoms with van der Waals surface area (Å²) >= 11 is 0. The van der Waals surface area contributed by atoms with Crippen molar-refractivity contribution in [1.29, 1.82) is 0 Å². The van der Waals surface area contributed by atoms with Gasteiger partial charge in [-0.05, 0) is 48.8 Å². The van der Waals surface area contributed by atoms with Gasteiger partial charge in [0, 0.05) is 0 Å². The lowest BCUT2D eigenvalue weighted by Crippen LogP contribution is -2.61. The van der Waals surface area contributed by atoms with Gasteiger partial charge >= 0.3 is 0 Å². The van der Waals surface area contributed by atoms with Crippen LogP contribution in [0.3, 0.4) is 0 Å². The Hall–Kier alpha value is -2.58. The quantitative estimate of drug-likeness (QED) is 0.214. The molecule has 0 aromatic heterocycles. The van der Waals surface area contributed by atoms with Crippen LogP contribution in [0.4, 0.5) is 0 Å². The second-order valence-electron chi connectivity index (χ2n) is 12.0. The predicted octanol–water partition coefficient (Wildman–Crippen LogP) is 7.22. The normalized spacial score (nSPS) is 29.4. The van der Waals surface area contributed by atoms with Gasteiger partial charge in [0.2, 0.25) is 0 Å². The first-order valence-electron chi connectivity index (χ1n) is 16.1. The van der Waals surface area contributed by atoms with Gasteiger partial charge in [0.05, 0.1) is 38.1 Å². The number of hydrogen-bond acceptors (Lipinski definition) is 6. The maximum atomic E-state index is 11.1. The number of ether oxygens (including phenoxy) is 5. The highest BCUT2D eigenvalue weighted by molar-refractivity contribution is 5.15. The number of unbranched alkanes of at least 4 members (excludes halogenated alkanes) is 1. The van der Waals surface area contributed by atoms with Gasteiger partial charge in [-0.15, -0.1) is 0 Å². The van der Waals surface area contributed by atoms with Crippen LogP contribution in [0.2, 0.25) is 0 Å². The molecule has 1 heterocycles. The van der Waals surface area contributed by atoms with E-state index in [1.165, 1.54) is 0 Å². The van der Waals surface area contributed by atoms with Crippen molar-refractivity contribution >= 4 is 0 Å². The van der Waals surface area contributed by atoms with Crippen LogP contribution >= 0.6 is 0 Å². The molecule has 2 aliphatic rings. The van der Waals surface area contributed by atoms with Crippen LogP contribution in [0.1, 0.15) is 69.1 Å². The van der Waals surface area contributed by atoms with E-state index in [1.807, 2.05) is 61.5 Å². The fourth-order valence-electron chi connectivity index (χ4n) is 6.34. The van der Waals surface area contributed by atoms with E-state index in [4.69, 9.17) is 23.7 Å². The summed E-state index contributed by atoms with van der Waals surface area (Å²) < 4.78 is 33.3. The van der Waals surface area contributed by atoms with E-state index in [2.05, 4.69) is 43.3 Å². The number of benzene rings is 3. The third-order valence-corrected chi connectivity index (χ3v) is 8.72. The molecule has 0 radical (unpaired) electrons. The minimum atomic E-state index is -0.710. The number of hydrogen-bond donors (Lipinski definition) is 1. The van der Waals surface area contributed by atoms with Gasteiger partial charge < -0.3 is 28.8 Å². The maximum absolute atomic E-state index is 11.1. The van der Waals surface area contributed by atoms with Gasteiger partial charge in [0.15, 0.2) is 6.29 Å². The highest BCUT2D eigenvalue weighted by Gasteiger charge is 2.49. The molecule has 3 aromatic rings. The van der Waals surface area contributed by atoms with Crippen molar-refractivity contribution in [3.05, 3.63) is 108 Å². The Labute approximate surface area is 257 Å². The first kappa shape index (κ1) is 31.8. The van der Waals surface area contributed by atoms with E-state index in [0.29, 0.717) is 19.8 Å². The summed E-state index contributed by atoms with van der Waals surface area (Å²) in [6.45, 7) is 5.45. The highest BCUT2D eigenvalue weighted by Crippen LogP contribution is 2.36. The summed E-state index contributed by atoms with van der Waals surface area (Å²) in [5, 5.41) is 11.1. The van der Waals surface area contributed by atoms with Gasteiger partial charge in [0.25, 0.3) is 0 Å². The topological polar surface area (TPSA) is 66.4 Å². The zero-order valence-corrected chi connectivity index (χ0v) is 25.6. The smallest absolute Gasteiger partial charge is 0.187 e. The summed E-state index contributed by atoms with van der Waals surface area (Å²) in [6.07, 6.45) is 2.79. The van der Waals surface area contributed by atoms with Crippen molar-refractivity contribution in [1.82, 2.24) is 0 Å². The third-order valence-electron chi connectivity index (χ3n) is 8.72. The standard InChI is InChI=1S/C37H48O6/c1-3-4-21-31-22-14-23-32(38)34(31)43-37-36(41-26-30-19-12-7-13-20-30)35(40-25-29-17-10-6-11-18-29)33(27(2)42-37)39-24-28-15-8-5-9-16-28/h5-13,15-20,27,31-38H,3-4,14,21-26H2,1-2H3/t27-,31-,32+,33+,34+,35+,36-,37-/m0/s1. The summed E-state index contributed by atoms with van der Waals surface area (Å²) in [6, 6.07) is 30.5. The van der Waals surface area contributed by atoms with E-state index >= 15 is 0 Å². The molecule has 0 unspecified atom stereocenters. The Balaban J connectivity index is 1.42. The van der Waals surface area contributed by atoms with Crippen LogP contribution in [-0.4, -0.2) is 48.0 Å². The van der Waals surface area contributed by atoms with E-state index in [1.54, 1.807) is 0 Å². The van der Waals surface area contributed by atoms with Crippen LogP contribution in [-0.2, 0) is 43.5 Å². The maximum Gasteiger partial charge on any atom is 0.187 e. The minimum absolute atomic E-state index is 0.285. The molecule has 6 heteroatoms. The molecule has 3 aromatic carbocycles. The van der Waals surface area contributed by atoms with E-state index < -0.39 is 30.7 Å². The van der Waals surface area contributed by atoms with Crippen LogP contribution < -0.4 is 0 Å². The van der Waals surface area contributed by atoms with Crippen molar-refractivity contribution in [2.45, 2.75) is 115 Å². The molecule has 1 aliphatic carbocycles. The molecule has 43 heavy (non-hydrogen) atoms. The molecule has 0 amide bonds. The van der Waals surface area contributed by atoms with Crippen LogP contribution in [0.5, 0.6) is 0 Å². The Bertz CT molecular complexity index is 1180. The van der Waals surface area contributed by atoms with Crippen molar-refractivity contribution in [3.8, 4) is 0 Å². The second kappa shape index (κ2) is 16.5. The lowest BCUT2D eigenvalue weighted by atomic mass is 9.81. The molecule has 5 rings (SSSR count). The molecule has 2 fully saturated rings. The number of aliphatic hydroxyl groups excluding tert-OH is 1. The van der Waals surface area contributed by atoms with Gasteiger partial charge in [-0.25, -0.2) is 0 Å². The SMILES string of the molecule is CCCC[C@H]1CCC[C@@H](O)[C@@H]1O[C@@H]1O[C@@H](C)[C@@H](OCc2ccccc2)[C@@H](OCc2ccccc2)[C@@H]1OCc1ccccc1. The fraction of sp³-hybridized carbons (Fsp3) is 0.514. The average Bonchev–Trinajstić information content (AvgIpc) is 3.04. The molecule has 1 saturated carbocycles. The number of aliphatic hydroxyl groups is 1. The average molecular weight is 589 g/mol. The van der Waals surface area contributed by atoms with Crippen molar-refractivity contribution in [3.63, 3.8) is 0 Å². The van der Waals surface area contributed by atoms with Gasteiger partial charge in [-0.3, -0.25) is 0 Å². The first-order chi connectivity index (χ1) is 21.1. The first-order valence-corrected chi connectivity index (χ1v) is 16.1. The molecule has 6 nitrogen and oxygen atoms in total. The molecule has 0 spiro atoms. The molecular weight excluding hydrogens is 540 g/mol. The summed E-state index contributed by atoms with van der Waals surface area (Å²) in [5.74, 6) is 0.285. The van der Waals surface area contributed by atoms with Crippen LogP contribution in [0.15, 0.2) is 91.0 Å². The lowest BCUT2D eigenvalue weighted by Gasteiger charge is -2.47. The van der Waals surface area contributed by atoms with Crippen molar-refractivity contribution < 1.29 is 28.8 Å². The molecular formula is C37H48O6. The largest absolute Gasteiger partial charge is 0.390 e. The van der Waals surface area contributed by atoms with Crippen LogP contribution in [0, 0.1) is 5.92 Å². The van der Waals surface area contributed by atoms with Gasteiger partial charge in [-0.2, -0.15) is 0 Å². The second-order valence-corrected chi connectivity index (χ2v) is 12.0. The molecule has 8 atom stereocenters. The molecule has 1 aliphatic heterocycles. The monoisotopic (exact) mass is 588 g/mol. The predicted molar refractivity (Wildman–Crippen MR) is 167 cm³/mol. The molecule has 0 bridgehead atoms. The third kappa shape index (κ3) is 8.98. The Morgan fingerprint density at radius 2 is 1.19 bits per heavy atom. The molecule has 1 saturated heterocycles. The summed E-state index contributed by atoms with van der Waals surface area (Å²) in [4.78, 5) is 0. The highest BCUT2D eigenvalue weighted by atomic mass is 16.7. The van der Waals surface area contributed by atoms with E-state index in [9.17, 15) is 5.11 Å². The zero-order valence-electron chi connectivity index (χ0n) is 25.6. The van der Waals surface area contributed by atoms with E-state index in [-0.39, 0.29) is 18.1 Å². The zero-order chi connectivity index (χ0) is 29.9. The Morgan fingerprint density at radius 1 is 0.674 bits per heavy atom. The van der Waals surface area contributed by atoms with Crippen molar-refractivity contribution in [2.75, 3.05) is 0 Å². The van der Waals surface area contributed by atoms with Gasteiger partial charge in [-0.1, -0.05) is 117 Å². The molecule has 1 N–H and O–H groups in total. The van der Waals surface area contributed by atoms with Crippen LogP contribution in [0.25, 0.3) is 0 Å². The fourth-order valence-corrected chi connectivity index (χ4v) is 6.34. The minimum Gasteiger partial charge on any atom is -0.390 e.